The van der Waals surface area contributed by atoms with Crippen molar-refractivity contribution in [1.82, 2.24) is 0 Å². The molecule has 4 heteroatoms. The van der Waals surface area contributed by atoms with Crippen LogP contribution in [0.5, 0.6) is 0 Å². The summed E-state index contributed by atoms with van der Waals surface area (Å²) in [6.07, 6.45) is 3.62. The summed E-state index contributed by atoms with van der Waals surface area (Å²) < 4.78 is 4.98. The van der Waals surface area contributed by atoms with Gasteiger partial charge in [0.25, 0.3) is 0 Å². The molecule has 1 N–H and O–H groups in total. The van der Waals surface area contributed by atoms with E-state index in [1.54, 1.807) is 0 Å². The molecule has 0 amide bonds. The summed E-state index contributed by atoms with van der Waals surface area (Å²) >= 11 is 0. The van der Waals surface area contributed by atoms with E-state index < -0.39 is 9.52 Å². The molecular weight excluding hydrogens is 148 g/mol. The fourth-order valence-electron chi connectivity index (χ4n) is 0.235. The van der Waals surface area contributed by atoms with Crippen molar-refractivity contribution in [3.05, 3.63) is 0 Å². The van der Waals surface area contributed by atoms with Crippen molar-refractivity contribution in [2.24, 2.45) is 0 Å². The predicted octanol–water partition coefficient (Wildman–Crippen LogP) is 1.13. The zero-order valence-electron chi connectivity index (χ0n) is 5.06. The largest absolute Gasteiger partial charge is 0.394 e. The minimum atomic E-state index is -1.37. The lowest BCUT2D eigenvalue weighted by atomic mass is 10.8. The number of hydrogen-bond donors (Lipinski definition) is 1. The van der Waals surface area contributed by atoms with Crippen molar-refractivity contribution in [3.63, 3.8) is 0 Å². The minimum Gasteiger partial charge on any atom is -0.394 e. The molecule has 52 valence electrons. The molecule has 0 radical (unpaired) electrons. The van der Waals surface area contributed by atoms with Gasteiger partial charge in [-0.05, 0) is 10.7 Å². The van der Waals surface area contributed by atoms with Gasteiger partial charge in [0.05, 0.1) is 13.2 Å². The number of halogens is 1. The maximum absolute atomic E-state index is 8.26. The van der Waals surface area contributed by atoms with E-state index in [2.05, 4.69) is 0 Å². The van der Waals surface area contributed by atoms with Gasteiger partial charge in [0, 0.05) is 12.5 Å². The highest BCUT2D eigenvalue weighted by Gasteiger charge is 2.04. The van der Waals surface area contributed by atoms with Crippen LogP contribution in [-0.2, 0) is 4.18 Å². The topological polar surface area (TPSA) is 29.5 Å². The standard InChI is InChI=1S/C4H11ClO2S/c1-8(2,5)7-4-3-6/h6H,3-4H2,1-2H3. The van der Waals surface area contributed by atoms with Crippen LogP contribution in [0.1, 0.15) is 0 Å². The van der Waals surface area contributed by atoms with Gasteiger partial charge in [-0.3, -0.25) is 0 Å². The van der Waals surface area contributed by atoms with Crippen LogP contribution in [-0.4, -0.2) is 30.8 Å². The molecule has 0 heterocycles. The molecule has 0 fully saturated rings. The monoisotopic (exact) mass is 158 g/mol. The van der Waals surface area contributed by atoms with Crippen molar-refractivity contribution < 1.29 is 9.29 Å². The van der Waals surface area contributed by atoms with E-state index in [4.69, 9.17) is 20.0 Å². The summed E-state index contributed by atoms with van der Waals surface area (Å²) in [5.74, 6) is 0. The summed E-state index contributed by atoms with van der Waals surface area (Å²) in [4.78, 5) is 0. The van der Waals surface area contributed by atoms with E-state index in [0.29, 0.717) is 6.61 Å². The van der Waals surface area contributed by atoms with Gasteiger partial charge in [0.15, 0.2) is 0 Å². The van der Waals surface area contributed by atoms with Crippen LogP contribution in [0.2, 0.25) is 0 Å². The quantitative estimate of drug-likeness (QED) is 0.668. The molecule has 0 saturated carbocycles. The first kappa shape index (κ1) is 8.56. The molecule has 0 aliphatic carbocycles. The second kappa shape index (κ2) is 3.56. The molecule has 2 nitrogen and oxygen atoms in total. The van der Waals surface area contributed by atoms with Crippen molar-refractivity contribution >= 4 is 20.2 Å². The van der Waals surface area contributed by atoms with E-state index in [1.807, 2.05) is 12.5 Å². The number of hydrogen-bond acceptors (Lipinski definition) is 2. The van der Waals surface area contributed by atoms with Crippen LogP contribution in [0, 0.1) is 0 Å². The van der Waals surface area contributed by atoms with Crippen molar-refractivity contribution in [3.8, 4) is 0 Å². The molecule has 0 aliphatic heterocycles. The second-order valence-electron chi connectivity index (χ2n) is 1.66. The number of aliphatic hydroxyl groups is 1. The first-order chi connectivity index (χ1) is 3.56. The molecule has 0 atom stereocenters. The van der Waals surface area contributed by atoms with Gasteiger partial charge < -0.3 is 9.29 Å². The van der Waals surface area contributed by atoms with Crippen LogP contribution < -0.4 is 0 Å². The van der Waals surface area contributed by atoms with Crippen LogP contribution in [0.25, 0.3) is 0 Å². The van der Waals surface area contributed by atoms with E-state index >= 15 is 0 Å². The van der Waals surface area contributed by atoms with Crippen LogP contribution in [0.3, 0.4) is 0 Å². The van der Waals surface area contributed by atoms with Gasteiger partial charge in [0.1, 0.15) is 0 Å². The number of rotatable bonds is 3. The first-order valence-corrected chi connectivity index (χ1v) is 5.44. The SMILES string of the molecule is CS(C)(Cl)OCCO. The summed E-state index contributed by atoms with van der Waals surface area (Å²) in [5.41, 5.74) is 0. The molecule has 0 aromatic rings. The highest BCUT2D eigenvalue weighted by Crippen LogP contribution is 2.45. The van der Waals surface area contributed by atoms with Crippen molar-refractivity contribution in [2.45, 2.75) is 0 Å². The second-order valence-corrected chi connectivity index (χ2v) is 6.35. The van der Waals surface area contributed by atoms with Gasteiger partial charge in [-0.1, -0.05) is 9.52 Å². The summed E-state index contributed by atoms with van der Waals surface area (Å²) in [5, 5.41) is 8.26. The van der Waals surface area contributed by atoms with E-state index in [0.717, 1.165) is 0 Å². The smallest absolute Gasteiger partial charge is 0.0837 e. The van der Waals surface area contributed by atoms with Gasteiger partial charge in [-0.25, -0.2) is 0 Å². The molecule has 0 spiro atoms. The van der Waals surface area contributed by atoms with Crippen LogP contribution in [0.15, 0.2) is 0 Å². The van der Waals surface area contributed by atoms with E-state index in [1.165, 1.54) is 0 Å². The Morgan fingerprint density at radius 3 is 2.25 bits per heavy atom. The molecule has 0 aromatic carbocycles. The van der Waals surface area contributed by atoms with Gasteiger partial charge >= 0.3 is 0 Å². The Morgan fingerprint density at radius 1 is 1.62 bits per heavy atom. The molecule has 0 rings (SSSR count). The van der Waals surface area contributed by atoms with Gasteiger partial charge in [-0.2, -0.15) is 0 Å². The Hall–Kier alpha value is 0.560. The zero-order chi connectivity index (χ0) is 6.62. The molecule has 8 heavy (non-hydrogen) atoms. The Morgan fingerprint density at radius 2 is 2.12 bits per heavy atom. The lowest BCUT2D eigenvalue weighted by Crippen LogP contribution is -1.99. The third-order valence-corrected chi connectivity index (χ3v) is 1.45. The molecular formula is C4H11ClO2S. The summed E-state index contributed by atoms with van der Waals surface area (Å²) in [7, 11) is 4.29. The fraction of sp³-hybridized carbons (Fsp3) is 1.00. The molecule has 0 unspecified atom stereocenters. The van der Waals surface area contributed by atoms with E-state index in [-0.39, 0.29) is 6.61 Å². The number of aliphatic hydroxyl groups excluding tert-OH is 1. The first-order valence-electron chi connectivity index (χ1n) is 2.24. The molecule has 0 saturated heterocycles. The lowest BCUT2D eigenvalue weighted by molar-refractivity contribution is 0.218. The molecule has 0 aliphatic rings. The van der Waals surface area contributed by atoms with Crippen LogP contribution in [0.4, 0.5) is 0 Å². The predicted molar refractivity (Wildman–Crippen MR) is 38.3 cm³/mol. The Bertz CT molecular complexity index is 61.5. The minimum absolute atomic E-state index is 0.0448. The Labute approximate surface area is 55.8 Å². The van der Waals surface area contributed by atoms with Crippen molar-refractivity contribution in [2.75, 3.05) is 25.7 Å². The average molecular weight is 159 g/mol. The molecule has 0 bridgehead atoms. The normalized spacial score (nSPS) is 14.0. The fourth-order valence-corrected chi connectivity index (χ4v) is 0.895. The highest BCUT2D eigenvalue weighted by molar-refractivity contribution is 8.46. The van der Waals surface area contributed by atoms with Gasteiger partial charge in [-0.15, -0.1) is 0 Å². The van der Waals surface area contributed by atoms with Crippen molar-refractivity contribution in [1.29, 1.82) is 0 Å². The Kier molecular flexibility index (Phi) is 3.81. The zero-order valence-corrected chi connectivity index (χ0v) is 6.63. The lowest BCUT2D eigenvalue weighted by Gasteiger charge is -2.20. The summed E-state index contributed by atoms with van der Waals surface area (Å²) in [6, 6.07) is 0. The third-order valence-electron chi connectivity index (χ3n) is 0.455. The third kappa shape index (κ3) is 6.56. The molecule has 0 aromatic heterocycles. The average Bonchev–Trinajstić information content (AvgIpc) is 1.59. The summed E-state index contributed by atoms with van der Waals surface area (Å²) in [6.45, 7) is 0.384. The van der Waals surface area contributed by atoms with Gasteiger partial charge in [0.2, 0.25) is 0 Å². The van der Waals surface area contributed by atoms with E-state index in [9.17, 15) is 0 Å². The maximum atomic E-state index is 8.26. The maximum Gasteiger partial charge on any atom is 0.0837 e. The van der Waals surface area contributed by atoms with Crippen LogP contribution >= 0.6 is 20.2 Å². The Balaban J connectivity index is 3.11. The highest BCUT2D eigenvalue weighted by atomic mass is 35.7.